The van der Waals surface area contributed by atoms with Gasteiger partial charge in [0.2, 0.25) is 0 Å². The molecule has 0 bridgehead atoms. The molecule has 0 spiro atoms. The van der Waals surface area contributed by atoms with Crippen LogP contribution in [0.4, 0.5) is 0 Å². The highest BCUT2D eigenvalue weighted by Gasteiger charge is 2.43. The summed E-state index contributed by atoms with van der Waals surface area (Å²) in [4.78, 5) is 30.3. The minimum Gasteiger partial charge on any atom is -0.503 e. The second kappa shape index (κ2) is 7.95. The van der Waals surface area contributed by atoms with E-state index in [0.717, 1.165) is 12.1 Å². The first kappa shape index (κ1) is 20.4. The van der Waals surface area contributed by atoms with Gasteiger partial charge in [-0.1, -0.05) is 11.6 Å². The number of phenolic OH excluding ortho intramolecular Hbond substituents is 1. The first-order valence-corrected chi connectivity index (χ1v) is 9.70. The number of benzene rings is 1. The first-order chi connectivity index (χ1) is 13.2. The Hall–Kier alpha value is -2.34. The lowest BCUT2D eigenvalue weighted by Crippen LogP contribution is -2.38. The van der Waals surface area contributed by atoms with Crippen LogP contribution in [0.5, 0.6) is 11.5 Å². The van der Waals surface area contributed by atoms with Gasteiger partial charge in [0.25, 0.3) is 0 Å². The van der Waals surface area contributed by atoms with Crippen molar-refractivity contribution in [1.29, 1.82) is 0 Å². The average Bonchev–Trinajstić information content (AvgIpc) is 2.62. The minimum atomic E-state index is -0.742. The number of ketones is 1. The molecule has 0 saturated carbocycles. The van der Waals surface area contributed by atoms with Crippen molar-refractivity contribution in [2.45, 2.75) is 52.1 Å². The van der Waals surface area contributed by atoms with Crippen LogP contribution in [0.3, 0.4) is 0 Å². The quantitative estimate of drug-likeness (QED) is 0.759. The van der Waals surface area contributed by atoms with Crippen LogP contribution in [0, 0.1) is 5.92 Å². The zero-order chi connectivity index (χ0) is 20.6. The van der Waals surface area contributed by atoms with E-state index in [-0.39, 0.29) is 28.4 Å². The normalized spacial score (nSPS) is 22.1. The Morgan fingerprint density at radius 1 is 1.32 bits per heavy atom. The third-order valence-corrected chi connectivity index (χ3v) is 5.36. The molecule has 150 valence electrons. The number of phenols is 1. The summed E-state index contributed by atoms with van der Waals surface area (Å²) in [5, 5.41) is 10.2. The van der Waals surface area contributed by atoms with Gasteiger partial charge in [0, 0.05) is 29.3 Å². The summed E-state index contributed by atoms with van der Waals surface area (Å²) in [6.07, 6.45) is 1.54. The predicted molar refractivity (Wildman–Crippen MR) is 106 cm³/mol. The molecular formula is C21H24ClNO5. The van der Waals surface area contributed by atoms with E-state index in [1.807, 2.05) is 0 Å². The van der Waals surface area contributed by atoms with Gasteiger partial charge < -0.3 is 14.6 Å². The third kappa shape index (κ3) is 3.65. The zero-order valence-electron chi connectivity index (χ0n) is 16.4. The number of aromatic hydroxyl groups is 1. The number of hydrogen-bond donors (Lipinski definition) is 1. The molecule has 1 N–H and O–H groups in total. The molecule has 1 aromatic rings. The van der Waals surface area contributed by atoms with Crippen LogP contribution in [-0.2, 0) is 14.3 Å². The van der Waals surface area contributed by atoms with Crippen molar-refractivity contribution in [1.82, 2.24) is 0 Å². The van der Waals surface area contributed by atoms with Crippen molar-refractivity contribution in [3.8, 4) is 11.5 Å². The maximum Gasteiger partial charge on any atom is 0.315 e. The van der Waals surface area contributed by atoms with Gasteiger partial charge in [-0.05, 0) is 51.3 Å². The highest BCUT2D eigenvalue weighted by Crippen LogP contribution is 2.46. The molecular weight excluding hydrogens is 382 g/mol. The van der Waals surface area contributed by atoms with Crippen molar-refractivity contribution in [2.24, 2.45) is 10.9 Å². The minimum absolute atomic E-state index is 0.0204. The molecule has 0 aromatic heterocycles. The van der Waals surface area contributed by atoms with Gasteiger partial charge in [-0.2, -0.15) is 0 Å². The Kier molecular flexibility index (Phi) is 5.79. The summed E-state index contributed by atoms with van der Waals surface area (Å²) in [6, 6.07) is 3.19. The molecule has 2 aliphatic rings. The van der Waals surface area contributed by atoms with Crippen LogP contribution in [-0.4, -0.2) is 35.8 Å². The van der Waals surface area contributed by atoms with Gasteiger partial charge in [-0.25, -0.2) is 0 Å². The number of ether oxygens (including phenoxy) is 2. The molecule has 0 radical (unpaired) electrons. The molecule has 6 nitrogen and oxygen atoms in total. The molecule has 1 aliphatic carbocycles. The maximum absolute atomic E-state index is 12.9. The van der Waals surface area contributed by atoms with Crippen molar-refractivity contribution >= 4 is 29.1 Å². The number of carbonyl (C=O) groups is 2. The highest BCUT2D eigenvalue weighted by atomic mass is 35.5. The van der Waals surface area contributed by atoms with Crippen molar-refractivity contribution in [3.63, 3.8) is 0 Å². The number of hydrogen-bond acceptors (Lipinski definition) is 6. The summed E-state index contributed by atoms with van der Waals surface area (Å²) in [7, 11) is 1.42. The summed E-state index contributed by atoms with van der Waals surface area (Å²) in [5.74, 6) is -1.78. The molecule has 1 unspecified atom stereocenters. The van der Waals surface area contributed by atoms with Crippen LogP contribution >= 0.6 is 11.6 Å². The molecule has 7 heteroatoms. The van der Waals surface area contributed by atoms with Crippen molar-refractivity contribution in [3.05, 3.63) is 34.0 Å². The van der Waals surface area contributed by atoms with Gasteiger partial charge in [0.1, 0.15) is 5.92 Å². The molecule has 28 heavy (non-hydrogen) atoms. The largest absolute Gasteiger partial charge is 0.503 e. The van der Waals surface area contributed by atoms with Gasteiger partial charge in [-0.15, -0.1) is 0 Å². The van der Waals surface area contributed by atoms with E-state index >= 15 is 0 Å². The number of rotatable bonds is 4. The summed E-state index contributed by atoms with van der Waals surface area (Å²) in [6.45, 7) is 5.33. The molecule has 0 saturated heterocycles. The van der Waals surface area contributed by atoms with Crippen molar-refractivity contribution < 1.29 is 24.2 Å². The third-order valence-electron chi connectivity index (χ3n) is 5.07. The topological polar surface area (TPSA) is 85.2 Å². The lowest BCUT2D eigenvalue weighted by atomic mass is 9.71. The van der Waals surface area contributed by atoms with E-state index in [4.69, 9.17) is 21.1 Å². The fourth-order valence-corrected chi connectivity index (χ4v) is 4.13. The Balaban J connectivity index is 2.20. The molecule has 3 rings (SSSR count). The Morgan fingerprint density at radius 2 is 2.04 bits per heavy atom. The molecule has 0 fully saturated rings. The lowest BCUT2D eigenvalue weighted by molar-refractivity contribution is -0.150. The van der Waals surface area contributed by atoms with Gasteiger partial charge in [0.15, 0.2) is 17.3 Å². The van der Waals surface area contributed by atoms with Crippen LogP contribution in [0.1, 0.15) is 51.5 Å². The van der Waals surface area contributed by atoms with E-state index in [2.05, 4.69) is 4.99 Å². The average molecular weight is 406 g/mol. The van der Waals surface area contributed by atoms with E-state index in [0.29, 0.717) is 29.7 Å². The van der Waals surface area contributed by atoms with Crippen LogP contribution < -0.4 is 4.74 Å². The number of methoxy groups -OCH3 is 1. The molecule has 1 aromatic carbocycles. The number of halogens is 1. The molecule has 1 aliphatic heterocycles. The summed E-state index contributed by atoms with van der Waals surface area (Å²) < 4.78 is 10.7. The van der Waals surface area contributed by atoms with Gasteiger partial charge >= 0.3 is 5.97 Å². The maximum atomic E-state index is 12.9. The SMILES string of the molecule is COc1cc([C@@H]2C3=C(CCCC3=O)N=C(C)C2C(=O)OC(C)C)cc(Cl)c1O. The van der Waals surface area contributed by atoms with Crippen LogP contribution in [0.2, 0.25) is 5.02 Å². The highest BCUT2D eigenvalue weighted by molar-refractivity contribution is 6.32. The van der Waals surface area contributed by atoms with E-state index in [1.165, 1.54) is 7.11 Å². The first-order valence-electron chi connectivity index (χ1n) is 9.32. The number of carbonyl (C=O) groups excluding carboxylic acids is 2. The van der Waals surface area contributed by atoms with Gasteiger partial charge in [-0.3, -0.25) is 14.6 Å². The number of allylic oxidation sites excluding steroid dienone is 2. The Morgan fingerprint density at radius 3 is 2.68 bits per heavy atom. The van der Waals surface area contributed by atoms with E-state index in [9.17, 15) is 14.7 Å². The predicted octanol–water partition coefficient (Wildman–Crippen LogP) is 4.19. The standard InChI is InChI=1S/C21H24ClNO5/c1-10(2)28-21(26)17-11(3)23-14-6-5-7-15(24)19(14)18(17)12-8-13(22)20(25)16(9-12)27-4/h8-10,17-18,25H,5-7H2,1-4H3/t17?,18-/m0/s1. The van der Waals surface area contributed by atoms with E-state index < -0.39 is 17.8 Å². The number of nitrogens with zero attached hydrogens (tertiary/aromatic N) is 1. The van der Waals surface area contributed by atoms with E-state index in [1.54, 1.807) is 32.9 Å². The monoisotopic (exact) mass is 405 g/mol. The van der Waals surface area contributed by atoms with Crippen LogP contribution in [0.15, 0.2) is 28.4 Å². The fraction of sp³-hybridized carbons (Fsp3) is 0.476. The smallest absolute Gasteiger partial charge is 0.315 e. The number of Topliss-reactive ketones (excluding diaryl/α,β-unsaturated/α-hetero) is 1. The zero-order valence-corrected chi connectivity index (χ0v) is 17.2. The lowest BCUT2D eigenvalue weighted by Gasteiger charge is -2.35. The molecule has 1 heterocycles. The Bertz CT molecular complexity index is 887. The molecule has 0 amide bonds. The second-order valence-corrected chi connectivity index (χ2v) is 7.79. The number of esters is 1. The molecule has 2 atom stereocenters. The van der Waals surface area contributed by atoms with Crippen LogP contribution in [0.25, 0.3) is 0 Å². The van der Waals surface area contributed by atoms with Gasteiger partial charge in [0.05, 0.1) is 18.2 Å². The number of aliphatic imine (C=N–C) groups is 1. The fourth-order valence-electron chi connectivity index (χ4n) is 3.91. The summed E-state index contributed by atoms with van der Waals surface area (Å²) in [5.41, 5.74) is 2.47. The van der Waals surface area contributed by atoms with Crippen molar-refractivity contribution in [2.75, 3.05) is 7.11 Å². The summed E-state index contributed by atoms with van der Waals surface area (Å²) >= 11 is 6.20. The Labute approximate surface area is 169 Å². The second-order valence-electron chi connectivity index (χ2n) is 7.38.